The molecular formula is C20H23NO7. The predicted molar refractivity (Wildman–Crippen MR) is 100 cm³/mol. The minimum Gasteiger partial charge on any atom is -0.497 e. The smallest absolute Gasteiger partial charge is 0.342 e. The Labute approximate surface area is 162 Å². The lowest BCUT2D eigenvalue weighted by atomic mass is 10.1. The van der Waals surface area contributed by atoms with Crippen LogP contribution in [0.1, 0.15) is 49.4 Å². The third-order valence-electron chi connectivity index (χ3n) is 4.16. The Morgan fingerprint density at radius 2 is 1.71 bits per heavy atom. The summed E-state index contributed by atoms with van der Waals surface area (Å²) < 4.78 is 20.4. The number of carbonyl (C=O) groups excluding carboxylic acids is 3. The first-order valence-electron chi connectivity index (χ1n) is 8.62. The highest BCUT2D eigenvalue weighted by Gasteiger charge is 2.24. The summed E-state index contributed by atoms with van der Waals surface area (Å²) in [6.07, 6.45) is 0. The lowest BCUT2D eigenvalue weighted by Gasteiger charge is -2.10. The Balaban J connectivity index is 2.16. The number of nitrogens with one attached hydrogen (secondary N) is 1. The molecule has 8 heteroatoms. The van der Waals surface area contributed by atoms with Gasteiger partial charge in [-0.3, -0.25) is 4.79 Å². The molecule has 150 valence electrons. The molecule has 0 amide bonds. The van der Waals surface area contributed by atoms with Gasteiger partial charge in [0.05, 0.1) is 32.1 Å². The van der Waals surface area contributed by atoms with Gasteiger partial charge in [-0.25, -0.2) is 9.59 Å². The van der Waals surface area contributed by atoms with Crippen LogP contribution in [0.4, 0.5) is 0 Å². The maximum atomic E-state index is 12.5. The molecule has 0 saturated carbocycles. The van der Waals surface area contributed by atoms with Crippen molar-refractivity contribution in [2.24, 2.45) is 0 Å². The Kier molecular flexibility index (Phi) is 6.81. The van der Waals surface area contributed by atoms with E-state index in [1.54, 1.807) is 32.9 Å². The van der Waals surface area contributed by atoms with Crippen molar-refractivity contribution in [3.63, 3.8) is 0 Å². The summed E-state index contributed by atoms with van der Waals surface area (Å²) in [5, 5.41) is 0. The van der Waals surface area contributed by atoms with Crippen LogP contribution in [0, 0.1) is 13.8 Å². The van der Waals surface area contributed by atoms with Crippen LogP contribution in [0.5, 0.6) is 11.5 Å². The number of aromatic amines is 1. The number of hydrogen-bond acceptors (Lipinski definition) is 7. The van der Waals surface area contributed by atoms with Gasteiger partial charge in [0.15, 0.2) is 6.61 Å². The lowest BCUT2D eigenvalue weighted by Crippen LogP contribution is -2.16. The topological polar surface area (TPSA) is 104 Å². The third kappa shape index (κ3) is 4.33. The fourth-order valence-corrected chi connectivity index (χ4v) is 2.79. The van der Waals surface area contributed by atoms with E-state index in [1.165, 1.54) is 20.3 Å². The number of carbonyl (C=O) groups is 3. The molecule has 0 radical (unpaired) electrons. The Bertz CT molecular complexity index is 898. The summed E-state index contributed by atoms with van der Waals surface area (Å²) in [5.41, 5.74) is 1.62. The Hall–Kier alpha value is -3.29. The molecule has 0 bridgehead atoms. The van der Waals surface area contributed by atoms with Gasteiger partial charge in [0.2, 0.25) is 5.78 Å². The Morgan fingerprint density at radius 1 is 1.00 bits per heavy atom. The number of Topliss-reactive ketones (excluding diaryl/α,β-unsaturated/α-hetero) is 1. The number of aromatic nitrogens is 1. The van der Waals surface area contributed by atoms with E-state index < -0.39 is 24.3 Å². The van der Waals surface area contributed by atoms with E-state index in [2.05, 4.69) is 4.98 Å². The molecule has 8 nitrogen and oxygen atoms in total. The van der Waals surface area contributed by atoms with Gasteiger partial charge < -0.3 is 23.9 Å². The quantitative estimate of drug-likeness (QED) is 0.547. The van der Waals surface area contributed by atoms with Crippen LogP contribution in [0.25, 0.3) is 0 Å². The van der Waals surface area contributed by atoms with E-state index in [4.69, 9.17) is 18.9 Å². The van der Waals surface area contributed by atoms with Crippen LogP contribution in [-0.4, -0.2) is 50.1 Å². The number of aryl methyl sites for hydroxylation is 1. The van der Waals surface area contributed by atoms with Crippen molar-refractivity contribution in [3.05, 3.63) is 46.3 Å². The summed E-state index contributed by atoms with van der Waals surface area (Å²) in [5.74, 6) is -0.948. The average molecular weight is 389 g/mol. The molecule has 0 unspecified atom stereocenters. The molecule has 28 heavy (non-hydrogen) atoms. The second-order valence-electron chi connectivity index (χ2n) is 5.91. The molecule has 1 heterocycles. The van der Waals surface area contributed by atoms with Crippen molar-refractivity contribution in [1.29, 1.82) is 0 Å². The second kappa shape index (κ2) is 9.07. The number of ether oxygens (including phenoxy) is 4. The van der Waals surface area contributed by atoms with E-state index in [1.807, 2.05) is 0 Å². The highest BCUT2D eigenvalue weighted by atomic mass is 16.5. The zero-order chi connectivity index (χ0) is 20.8. The number of rotatable bonds is 8. The molecule has 0 aliphatic rings. The maximum Gasteiger partial charge on any atom is 0.342 e. The van der Waals surface area contributed by atoms with Gasteiger partial charge in [0, 0.05) is 5.69 Å². The van der Waals surface area contributed by atoms with Gasteiger partial charge in [0.25, 0.3) is 0 Å². The van der Waals surface area contributed by atoms with Crippen LogP contribution in [0.15, 0.2) is 18.2 Å². The normalized spacial score (nSPS) is 10.3. The van der Waals surface area contributed by atoms with E-state index in [0.717, 1.165) is 0 Å². The summed E-state index contributed by atoms with van der Waals surface area (Å²) in [4.78, 5) is 39.8. The fourth-order valence-electron chi connectivity index (χ4n) is 2.79. The van der Waals surface area contributed by atoms with Crippen LogP contribution >= 0.6 is 0 Å². The van der Waals surface area contributed by atoms with Crippen LogP contribution in [0.2, 0.25) is 0 Å². The van der Waals surface area contributed by atoms with Gasteiger partial charge in [0.1, 0.15) is 17.1 Å². The van der Waals surface area contributed by atoms with Crippen LogP contribution < -0.4 is 9.47 Å². The molecule has 0 saturated heterocycles. The molecular weight excluding hydrogens is 366 g/mol. The molecule has 0 fully saturated rings. The number of hydrogen-bond donors (Lipinski definition) is 1. The number of esters is 2. The van der Waals surface area contributed by atoms with Crippen molar-refractivity contribution in [2.45, 2.75) is 20.8 Å². The zero-order valence-corrected chi connectivity index (χ0v) is 16.5. The number of benzene rings is 1. The molecule has 1 N–H and O–H groups in total. The molecule has 0 aliphatic heterocycles. The molecule has 2 rings (SSSR count). The molecule has 0 aliphatic carbocycles. The van der Waals surface area contributed by atoms with E-state index in [-0.39, 0.29) is 17.9 Å². The van der Waals surface area contributed by atoms with E-state index in [0.29, 0.717) is 28.3 Å². The molecule has 1 aromatic heterocycles. The fraction of sp³-hybridized carbons (Fsp3) is 0.350. The van der Waals surface area contributed by atoms with Crippen molar-refractivity contribution in [2.75, 3.05) is 27.4 Å². The highest BCUT2D eigenvalue weighted by Crippen LogP contribution is 2.25. The van der Waals surface area contributed by atoms with Gasteiger partial charge in [-0.15, -0.1) is 0 Å². The highest BCUT2D eigenvalue weighted by molar-refractivity contribution is 6.03. The summed E-state index contributed by atoms with van der Waals surface area (Å²) in [7, 11) is 2.89. The summed E-state index contributed by atoms with van der Waals surface area (Å²) >= 11 is 0. The van der Waals surface area contributed by atoms with Crippen molar-refractivity contribution in [3.8, 4) is 11.5 Å². The van der Waals surface area contributed by atoms with Crippen molar-refractivity contribution >= 4 is 17.7 Å². The van der Waals surface area contributed by atoms with Gasteiger partial charge in [-0.05, 0) is 44.5 Å². The number of methoxy groups -OCH3 is 2. The van der Waals surface area contributed by atoms with Crippen molar-refractivity contribution in [1.82, 2.24) is 4.98 Å². The Morgan fingerprint density at radius 3 is 2.32 bits per heavy atom. The summed E-state index contributed by atoms with van der Waals surface area (Å²) in [6.45, 7) is 4.74. The molecule has 2 aromatic rings. The average Bonchev–Trinajstić information content (AvgIpc) is 2.99. The van der Waals surface area contributed by atoms with E-state index in [9.17, 15) is 14.4 Å². The first kappa shape index (κ1) is 21.0. The largest absolute Gasteiger partial charge is 0.497 e. The molecule has 0 atom stereocenters. The van der Waals surface area contributed by atoms with E-state index >= 15 is 0 Å². The molecule has 0 spiro atoms. The minimum absolute atomic E-state index is 0.140. The van der Waals surface area contributed by atoms with Gasteiger partial charge in [-0.1, -0.05) is 0 Å². The van der Waals surface area contributed by atoms with Crippen LogP contribution in [0.3, 0.4) is 0 Å². The predicted octanol–water partition coefficient (Wildman–Crippen LogP) is 2.87. The number of ketones is 1. The summed E-state index contributed by atoms with van der Waals surface area (Å²) in [6, 6.07) is 4.68. The molecule has 1 aromatic carbocycles. The first-order chi connectivity index (χ1) is 13.3. The number of H-pyrrole nitrogens is 1. The van der Waals surface area contributed by atoms with Crippen LogP contribution in [-0.2, 0) is 9.47 Å². The van der Waals surface area contributed by atoms with Gasteiger partial charge >= 0.3 is 11.9 Å². The third-order valence-corrected chi connectivity index (χ3v) is 4.16. The van der Waals surface area contributed by atoms with Crippen molar-refractivity contribution < 1.29 is 33.3 Å². The SMILES string of the molecule is CCOC(=O)c1c(C)[nH]c(C(=O)COC(=O)c2cc(OC)ccc2OC)c1C. The second-order valence-corrected chi connectivity index (χ2v) is 5.91. The minimum atomic E-state index is -0.726. The first-order valence-corrected chi connectivity index (χ1v) is 8.62. The lowest BCUT2D eigenvalue weighted by molar-refractivity contribution is 0.0468. The monoisotopic (exact) mass is 389 g/mol. The zero-order valence-electron chi connectivity index (χ0n) is 16.5. The van der Waals surface area contributed by atoms with Gasteiger partial charge in [-0.2, -0.15) is 0 Å². The maximum absolute atomic E-state index is 12.5. The standard InChI is InChI=1S/C20H23NO7/c1-6-27-20(24)17-11(2)18(21-12(17)3)15(22)10-28-19(23)14-9-13(25-4)7-8-16(14)26-5/h7-9,21H,6,10H2,1-5H3.